The van der Waals surface area contributed by atoms with Gasteiger partial charge in [-0.15, -0.1) is 12.4 Å². The molecule has 15 heavy (non-hydrogen) atoms. The quantitative estimate of drug-likeness (QED) is 0.820. The summed E-state index contributed by atoms with van der Waals surface area (Å²) in [6.45, 7) is 4.58. The second-order valence-electron chi connectivity index (χ2n) is 4.38. The molecular weight excluding hydrogens is 206 g/mol. The predicted octanol–water partition coefficient (Wildman–Crippen LogP) is 3.59. The Balaban J connectivity index is 0.000000562. The van der Waals surface area contributed by atoms with Gasteiger partial charge in [0.05, 0.1) is 0 Å². The molecule has 4 rings (SSSR count). The summed E-state index contributed by atoms with van der Waals surface area (Å²) in [6, 6.07) is 2.48. The van der Waals surface area contributed by atoms with Gasteiger partial charge in [-0.25, -0.2) is 0 Å². The van der Waals surface area contributed by atoms with Crippen molar-refractivity contribution in [1.82, 2.24) is 6.15 Å². The molecule has 0 saturated carbocycles. The summed E-state index contributed by atoms with van der Waals surface area (Å²) in [6.07, 6.45) is 5.21. The third kappa shape index (κ3) is 1.41. The topological polar surface area (TPSA) is 35.0 Å². The summed E-state index contributed by atoms with van der Waals surface area (Å²) >= 11 is 0. The van der Waals surface area contributed by atoms with Crippen molar-refractivity contribution in [2.75, 3.05) is 0 Å². The summed E-state index contributed by atoms with van der Waals surface area (Å²) in [7, 11) is 0. The first kappa shape index (κ1) is 12.5. The van der Waals surface area contributed by atoms with Gasteiger partial charge in [-0.05, 0) is 59.4 Å². The highest BCUT2D eigenvalue weighted by Gasteiger charge is 2.38. The van der Waals surface area contributed by atoms with E-state index >= 15 is 0 Å². The van der Waals surface area contributed by atoms with Gasteiger partial charge in [0.2, 0.25) is 0 Å². The molecule has 1 atom stereocenters. The minimum absolute atomic E-state index is 0. The Kier molecular flexibility index (Phi) is 3.47. The monoisotopic (exact) mass is 225 g/mol. The predicted molar refractivity (Wildman–Crippen MR) is 67.6 cm³/mol. The number of aryl methyl sites for hydroxylation is 1. The van der Waals surface area contributed by atoms with E-state index in [-0.39, 0.29) is 18.6 Å². The Bertz CT molecular complexity index is 385. The lowest BCUT2D eigenvalue weighted by atomic mass is 9.79. The molecule has 1 aromatic carbocycles. The van der Waals surface area contributed by atoms with E-state index in [1.807, 2.05) is 0 Å². The van der Waals surface area contributed by atoms with Gasteiger partial charge in [0.25, 0.3) is 0 Å². The lowest BCUT2D eigenvalue weighted by Gasteiger charge is -2.25. The van der Waals surface area contributed by atoms with E-state index < -0.39 is 0 Å². The van der Waals surface area contributed by atoms with Crippen molar-refractivity contribution in [3.05, 3.63) is 33.9 Å². The lowest BCUT2D eigenvalue weighted by Crippen LogP contribution is -2.13. The lowest BCUT2D eigenvalue weighted by molar-refractivity contribution is 0.671. The SMILES string of the molecule is CCc1cc2c3c(c1CC)C(C2)C3.Cl.N. The molecule has 0 heterocycles. The second kappa shape index (κ2) is 4.15. The van der Waals surface area contributed by atoms with Gasteiger partial charge in [0.15, 0.2) is 0 Å². The summed E-state index contributed by atoms with van der Waals surface area (Å²) in [5.74, 6) is 0.931. The average Bonchev–Trinajstić information content (AvgIpc) is 2.64. The highest BCUT2D eigenvalue weighted by atomic mass is 35.5. The number of hydrogen-bond donors (Lipinski definition) is 1. The molecule has 0 aromatic heterocycles. The summed E-state index contributed by atoms with van der Waals surface area (Å²) < 4.78 is 0. The standard InChI is InChI=1S/C13H16.ClH.H3N/c1-3-8-5-9-6-10-7-12(9)13(10)11(8)4-2;;/h5,10H,3-4,6-7H2,1-2H3;1H;1H3. The van der Waals surface area contributed by atoms with E-state index in [9.17, 15) is 0 Å². The van der Waals surface area contributed by atoms with Crippen LogP contribution in [0.15, 0.2) is 6.07 Å². The number of hydrogen-bond acceptors (Lipinski definition) is 1. The smallest absolute Gasteiger partial charge is 0.00751 e. The average molecular weight is 226 g/mol. The molecular formula is C13H20ClN. The fraction of sp³-hybridized carbons (Fsp3) is 0.538. The fourth-order valence-corrected chi connectivity index (χ4v) is 3.22. The van der Waals surface area contributed by atoms with Crippen LogP contribution in [0.4, 0.5) is 0 Å². The normalized spacial score (nSPS) is 18.9. The van der Waals surface area contributed by atoms with Gasteiger partial charge < -0.3 is 6.15 Å². The van der Waals surface area contributed by atoms with E-state index in [0.717, 1.165) is 5.92 Å². The third-order valence-electron chi connectivity index (χ3n) is 3.83. The summed E-state index contributed by atoms with van der Waals surface area (Å²) in [5, 5.41) is 0. The molecule has 0 aliphatic heterocycles. The molecule has 0 spiro atoms. The van der Waals surface area contributed by atoms with E-state index in [1.54, 1.807) is 27.8 Å². The third-order valence-corrected chi connectivity index (χ3v) is 3.83. The van der Waals surface area contributed by atoms with Crippen molar-refractivity contribution >= 4 is 12.4 Å². The van der Waals surface area contributed by atoms with Crippen molar-refractivity contribution in [2.45, 2.75) is 45.4 Å². The van der Waals surface area contributed by atoms with Crippen LogP contribution in [0.25, 0.3) is 0 Å². The molecule has 0 radical (unpaired) electrons. The van der Waals surface area contributed by atoms with Crippen molar-refractivity contribution < 1.29 is 0 Å². The van der Waals surface area contributed by atoms with Gasteiger partial charge in [0.1, 0.15) is 0 Å². The Hall–Kier alpha value is -0.530. The Labute approximate surface area is 98.3 Å². The number of benzene rings is 1. The van der Waals surface area contributed by atoms with Crippen molar-refractivity contribution in [3.8, 4) is 0 Å². The highest BCUT2D eigenvalue weighted by Crippen LogP contribution is 2.50. The van der Waals surface area contributed by atoms with Crippen LogP contribution in [0.1, 0.15) is 47.6 Å². The van der Waals surface area contributed by atoms with Crippen molar-refractivity contribution in [1.29, 1.82) is 0 Å². The molecule has 3 N–H and O–H groups in total. The van der Waals surface area contributed by atoms with E-state index in [2.05, 4.69) is 19.9 Å². The first-order chi connectivity index (χ1) is 6.35. The van der Waals surface area contributed by atoms with Gasteiger partial charge in [-0.2, -0.15) is 0 Å². The molecule has 0 amide bonds. The summed E-state index contributed by atoms with van der Waals surface area (Å²) in [4.78, 5) is 0. The van der Waals surface area contributed by atoms with Crippen LogP contribution in [0.5, 0.6) is 0 Å². The minimum Gasteiger partial charge on any atom is -0.344 e. The molecule has 1 nitrogen and oxygen atoms in total. The van der Waals surface area contributed by atoms with Gasteiger partial charge in [-0.3, -0.25) is 0 Å². The molecule has 1 aromatic rings. The summed E-state index contributed by atoms with van der Waals surface area (Å²) in [5.41, 5.74) is 8.47. The first-order valence-electron chi connectivity index (χ1n) is 5.51. The molecule has 3 aliphatic carbocycles. The Morgan fingerprint density at radius 1 is 1.20 bits per heavy atom. The van der Waals surface area contributed by atoms with Gasteiger partial charge in [0, 0.05) is 0 Å². The molecule has 4 bridgehead atoms. The van der Waals surface area contributed by atoms with Crippen LogP contribution in [0.2, 0.25) is 0 Å². The maximum atomic E-state index is 2.48. The first-order valence-corrected chi connectivity index (χ1v) is 5.51. The van der Waals surface area contributed by atoms with E-state index in [1.165, 1.54) is 25.7 Å². The molecule has 3 aliphatic rings. The van der Waals surface area contributed by atoms with Crippen molar-refractivity contribution in [2.24, 2.45) is 0 Å². The van der Waals surface area contributed by atoms with Crippen LogP contribution < -0.4 is 6.15 Å². The van der Waals surface area contributed by atoms with Gasteiger partial charge in [-0.1, -0.05) is 19.9 Å². The zero-order valence-corrected chi connectivity index (χ0v) is 10.4. The van der Waals surface area contributed by atoms with E-state index in [4.69, 9.17) is 0 Å². The molecule has 1 unspecified atom stereocenters. The largest absolute Gasteiger partial charge is 0.344 e. The number of halogens is 1. The zero-order chi connectivity index (χ0) is 9.00. The molecule has 0 fully saturated rings. The fourth-order valence-electron chi connectivity index (χ4n) is 3.22. The van der Waals surface area contributed by atoms with Crippen LogP contribution in [0, 0.1) is 0 Å². The van der Waals surface area contributed by atoms with Gasteiger partial charge >= 0.3 is 0 Å². The van der Waals surface area contributed by atoms with Crippen molar-refractivity contribution in [3.63, 3.8) is 0 Å². The second-order valence-corrected chi connectivity index (χ2v) is 4.38. The maximum absolute atomic E-state index is 2.48. The van der Waals surface area contributed by atoms with Crippen LogP contribution in [0.3, 0.4) is 0 Å². The highest BCUT2D eigenvalue weighted by molar-refractivity contribution is 5.85. The van der Waals surface area contributed by atoms with Crippen LogP contribution in [-0.2, 0) is 25.7 Å². The van der Waals surface area contributed by atoms with E-state index in [0.29, 0.717) is 0 Å². The van der Waals surface area contributed by atoms with Crippen LogP contribution >= 0.6 is 12.4 Å². The van der Waals surface area contributed by atoms with Crippen LogP contribution in [-0.4, -0.2) is 0 Å². The molecule has 84 valence electrons. The minimum atomic E-state index is 0. The molecule has 0 saturated heterocycles. The Morgan fingerprint density at radius 3 is 2.53 bits per heavy atom. The zero-order valence-electron chi connectivity index (χ0n) is 9.60. The molecule has 2 heteroatoms. The Morgan fingerprint density at radius 2 is 1.93 bits per heavy atom. The maximum Gasteiger partial charge on any atom is -0.00751 e. The number of rotatable bonds is 2.